The quantitative estimate of drug-likeness (QED) is 0.455. The highest BCUT2D eigenvalue weighted by molar-refractivity contribution is 6.10. The van der Waals surface area contributed by atoms with Gasteiger partial charge in [-0.05, 0) is 69.2 Å². The maximum atomic E-state index is 13.1. The summed E-state index contributed by atoms with van der Waals surface area (Å²) in [6.45, 7) is 0. The van der Waals surface area contributed by atoms with Gasteiger partial charge in [-0.25, -0.2) is 9.97 Å². The van der Waals surface area contributed by atoms with Crippen molar-refractivity contribution in [2.24, 2.45) is 5.92 Å². The number of anilines is 1. The predicted molar refractivity (Wildman–Crippen MR) is 126 cm³/mol. The summed E-state index contributed by atoms with van der Waals surface area (Å²) in [6, 6.07) is 7.01. The molecule has 2 aliphatic carbocycles. The normalized spacial score (nSPS) is 20.6. The first kappa shape index (κ1) is 20.6. The van der Waals surface area contributed by atoms with Crippen molar-refractivity contribution in [2.75, 3.05) is 12.4 Å². The van der Waals surface area contributed by atoms with Gasteiger partial charge in [-0.3, -0.25) is 9.78 Å². The van der Waals surface area contributed by atoms with Crippen LogP contribution in [-0.2, 0) is 0 Å². The average Bonchev–Trinajstić information content (AvgIpc) is 3.70. The molecule has 1 aromatic carbocycles. The molecule has 0 radical (unpaired) electrons. The molecular formula is C26H27N5O. The van der Waals surface area contributed by atoms with E-state index in [4.69, 9.17) is 6.42 Å². The first-order chi connectivity index (χ1) is 15.7. The van der Waals surface area contributed by atoms with Crippen molar-refractivity contribution in [1.29, 1.82) is 0 Å². The van der Waals surface area contributed by atoms with Gasteiger partial charge in [-0.2, -0.15) is 0 Å². The largest absolute Gasteiger partial charge is 0.381 e. The summed E-state index contributed by atoms with van der Waals surface area (Å²) >= 11 is 0. The number of hydrogen-bond acceptors (Lipinski definition) is 6. The molecule has 2 aromatic heterocycles. The van der Waals surface area contributed by atoms with Gasteiger partial charge in [0.15, 0.2) is 5.78 Å². The van der Waals surface area contributed by atoms with E-state index in [1.807, 2.05) is 19.2 Å². The van der Waals surface area contributed by atoms with Crippen LogP contribution in [0.2, 0.25) is 0 Å². The zero-order valence-corrected chi connectivity index (χ0v) is 18.3. The van der Waals surface area contributed by atoms with Crippen LogP contribution in [0.25, 0.3) is 22.0 Å². The van der Waals surface area contributed by atoms with Gasteiger partial charge in [0.2, 0.25) is 5.82 Å². The second-order valence-electron chi connectivity index (χ2n) is 8.84. The molecule has 0 atom stereocenters. The topological polar surface area (TPSA) is 79.8 Å². The van der Waals surface area contributed by atoms with Crippen LogP contribution in [0.15, 0.2) is 36.8 Å². The molecule has 6 nitrogen and oxygen atoms in total. The lowest BCUT2D eigenvalue weighted by Crippen LogP contribution is -2.35. The number of pyridine rings is 1. The summed E-state index contributed by atoms with van der Waals surface area (Å²) in [5.41, 5.74) is 4.36. The first-order valence-corrected chi connectivity index (χ1v) is 11.4. The number of nitrogens with one attached hydrogen (secondary N) is 2. The zero-order valence-electron chi connectivity index (χ0n) is 18.3. The minimum atomic E-state index is 0.141. The van der Waals surface area contributed by atoms with E-state index in [1.54, 1.807) is 18.6 Å². The Kier molecular flexibility index (Phi) is 5.59. The number of aromatic nitrogens is 3. The molecule has 0 aliphatic heterocycles. The van der Waals surface area contributed by atoms with Crippen LogP contribution in [0.1, 0.15) is 54.7 Å². The van der Waals surface area contributed by atoms with E-state index < -0.39 is 0 Å². The lowest BCUT2D eigenvalue weighted by molar-refractivity contribution is 0.0968. The molecule has 3 aromatic rings. The van der Waals surface area contributed by atoms with E-state index >= 15 is 0 Å². The number of benzene rings is 1. The molecule has 6 heteroatoms. The van der Waals surface area contributed by atoms with Gasteiger partial charge in [0.25, 0.3) is 0 Å². The number of terminal acetylenes is 1. The zero-order chi connectivity index (χ0) is 22.1. The first-order valence-electron chi connectivity index (χ1n) is 11.4. The molecule has 2 fully saturated rings. The minimum Gasteiger partial charge on any atom is -0.381 e. The van der Waals surface area contributed by atoms with Crippen LogP contribution in [0.5, 0.6) is 0 Å². The fraction of sp³-hybridized carbons (Fsp3) is 0.385. The van der Waals surface area contributed by atoms with Gasteiger partial charge >= 0.3 is 0 Å². The highest BCUT2D eigenvalue weighted by Gasteiger charge is 2.33. The van der Waals surface area contributed by atoms with E-state index in [2.05, 4.69) is 37.6 Å². The van der Waals surface area contributed by atoms with Crippen molar-refractivity contribution in [3.63, 3.8) is 0 Å². The number of fused-ring (bicyclic) bond motifs is 1. The lowest BCUT2D eigenvalue weighted by Gasteiger charge is -2.30. The number of Topliss-reactive ketones (excluding diaryl/α,β-unsaturated/α-hetero) is 1. The molecule has 5 rings (SSSR count). The minimum absolute atomic E-state index is 0.141. The number of carbonyl (C=O) groups excluding carboxylic acids is 1. The highest BCUT2D eigenvalue weighted by atomic mass is 16.1. The summed E-state index contributed by atoms with van der Waals surface area (Å²) in [5.74, 6) is 3.17. The molecule has 0 unspecified atom stereocenters. The van der Waals surface area contributed by atoms with Crippen LogP contribution < -0.4 is 10.6 Å². The Balaban J connectivity index is 1.55. The molecule has 0 saturated heterocycles. The van der Waals surface area contributed by atoms with Gasteiger partial charge in [-0.15, -0.1) is 6.42 Å². The van der Waals surface area contributed by atoms with E-state index in [1.165, 1.54) is 0 Å². The van der Waals surface area contributed by atoms with Crippen molar-refractivity contribution < 1.29 is 4.79 Å². The third kappa shape index (κ3) is 4.09. The van der Waals surface area contributed by atoms with E-state index in [-0.39, 0.29) is 11.7 Å². The third-order valence-corrected chi connectivity index (χ3v) is 6.68. The molecule has 32 heavy (non-hydrogen) atoms. The van der Waals surface area contributed by atoms with Gasteiger partial charge < -0.3 is 10.6 Å². The van der Waals surface area contributed by atoms with Crippen molar-refractivity contribution >= 4 is 22.4 Å². The van der Waals surface area contributed by atoms with Gasteiger partial charge in [0.1, 0.15) is 0 Å². The Labute approximate surface area is 188 Å². The summed E-state index contributed by atoms with van der Waals surface area (Å²) in [5, 5.41) is 8.10. The SMILES string of the molecule is C#Cc1ncc(-c2ccc3ncc(C(=O)C4CC4)c(NC4CCC(NC)CC4)c3c2)cn1. The maximum absolute atomic E-state index is 13.1. The van der Waals surface area contributed by atoms with Crippen molar-refractivity contribution in [3.8, 4) is 23.5 Å². The van der Waals surface area contributed by atoms with Crippen LogP contribution >= 0.6 is 0 Å². The molecular weight excluding hydrogens is 398 g/mol. The van der Waals surface area contributed by atoms with Crippen molar-refractivity contribution in [2.45, 2.75) is 50.6 Å². The number of rotatable bonds is 6. The molecule has 0 amide bonds. The molecule has 2 aliphatic rings. The summed E-state index contributed by atoms with van der Waals surface area (Å²) in [7, 11) is 2.03. The molecule has 0 spiro atoms. The van der Waals surface area contributed by atoms with E-state index in [0.717, 1.165) is 66.2 Å². The van der Waals surface area contributed by atoms with E-state index in [0.29, 0.717) is 23.5 Å². The number of hydrogen-bond donors (Lipinski definition) is 2. The highest BCUT2D eigenvalue weighted by Crippen LogP contribution is 2.38. The molecule has 2 heterocycles. The second-order valence-corrected chi connectivity index (χ2v) is 8.84. The standard InChI is InChI=1S/C26H27N5O/c1-3-24-29-13-18(14-30-24)17-6-11-23-21(12-17)25(22(15-28-23)26(32)16-4-5-16)31-20-9-7-19(27-2)8-10-20/h1,6,11-16,19-20,27H,4-5,7-10H2,2H3,(H,28,31). The van der Waals surface area contributed by atoms with Crippen LogP contribution in [-0.4, -0.2) is 39.9 Å². The molecule has 0 bridgehead atoms. The number of ketones is 1. The number of nitrogens with zero attached hydrogens (tertiary/aromatic N) is 3. The maximum Gasteiger partial charge on any atom is 0.204 e. The van der Waals surface area contributed by atoms with Crippen molar-refractivity contribution in [3.05, 3.63) is 48.2 Å². The molecule has 2 N–H and O–H groups in total. The Bertz CT molecular complexity index is 1190. The summed E-state index contributed by atoms with van der Waals surface area (Å²) in [4.78, 5) is 26.2. The van der Waals surface area contributed by atoms with Gasteiger partial charge in [0.05, 0.1) is 16.8 Å². The van der Waals surface area contributed by atoms with Crippen LogP contribution in [0, 0.1) is 18.3 Å². The second kappa shape index (κ2) is 8.68. The molecule has 2 saturated carbocycles. The third-order valence-electron chi connectivity index (χ3n) is 6.68. The number of carbonyl (C=O) groups is 1. The summed E-state index contributed by atoms with van der Waals surface area (Å²) < 4.78 is 0. The van der Waals surface area contributed by atoms with E-state index in [9.17, 15) is 4.79 Å². The van der Waals surface area contributed by atoms with Gasteiger partial charge in [-0.1, -0.05) is 6.07 Å². The van der Waals surface area contributed by atoms with Crippen LogP contribution in [0.4, 0.5) is 5.69 Å². The predicted octanol–water partition coefficient (Wildman–Crippen LogP) is 4.21. The monoisotopic (exact) mass is 425 g/mol. The lowest BCUT2D eigenvalue weighted by atomic mass is 9.90. The Morgan fingerprint density at radius 1 is 0.969 bits per heavy atom. The fourth-order valence-electron chi connectivity index (χ4n) is 4.56. The van der Waals surface area contributed by atoms with Crippen molar-refractivity contribution in [1.82, 2.24) is 20.3 Å². The summed E-state index contributed by atoms with van der Waals surface area (Å²) in [6.07, 6.45) is 17.0. The Morgan fingerprint density at radius 2 is 1.69 bits per heavy atom. The average molecular weight is 426 g/mol. The van der Waals surface area contributed by atoms with Crippen LogP contribution in [0.3, 0.4) is 0 Å². The molecule has 162 valence electrons. The van der Waals surface area contributed by atoms with Gasteiger partial charge in [0, 0.05) is 47.5 Å². The Morgan fingerprint density at radius 3 is 2.34 bits per heavy atom. The smallest absolute Gasteiger partial charge is 0.204 e. The Hall–Kier alpha value is -3.30. The fourth-order valence-corrected chi connectivity index (χ4v) is 4.56.